The minimum absolute atomic E-state index is 0.147. The Hall–Kier alpha value is -1.84. The predicted octanol–water partition coefficient (Wildman–Crippen LogP) is 4.71. The van der Waals surface area contributed by atoms with Crippen LogP contribution in [-0.4, -0.2) is 24.7 Å². The van der Waals surface area contributed by atoms with Crippen molar-refractivity contribution in [3.05, 3.63) is 29.8 Å². The Bertz CT molecular complexity index is 516. The van der Waals surface area contributed by atoms with Crippen LogP contribution < -0.4 is 10.3 Å². The van der Waals surface area contributed by atoms with Crippen LogP contribution in [0.5, 0.6) is 0 Å². The van der Waals surface area contributed by atoms with Gasteiger partial charge in [-0.3, -0.25) is 4.79 Å². The zero-order valence-corrected chi connectivity index (χ0v) is 16.1. The second kappa shape index (κ2) is 10.1. The molecule has 1 amide bonds. The lowest BCUT2D eigenvalue weighted by molar-refractivity contribution is 0.0954. The number of amides is 1. The molecule has 4 nitrogen and oxygen atoms in total. The molecule has 0 saturated heterocycles. The molecule has 0 fully saturated rings. The van der Waals surface area contributed by atoms with Gasteiger partial charge in [0.25, 0.3) is 5.91 Å². The Morgan fingerprint density at radius 3 is 1.92 bits per heavy atom. The van der Waals surface area contributed by atoms with Gasteiger partial charge >= 0.3 is 0 Å². The van der Waals surface area contributed by atoms with E-state index in [1.165, 1.54) is 0 Å². The molecule has 0 aliphatic rings. The average Bonchev–Trinajstić information content (AvgIpc) is 2.53. The van der Waals surface area contributed by atoms with Gasteiger partial charge < -0.3 is 4.90 Å². The predicted molar refractivity (Wildman–Crippen MR) is 104 cm³/mol. The number of carbonyl (C=O) groups excluding carboxylic acids is 1. The molecule has 1 rings (SSSR count). The number of hydrogen-bond acceptors (Lipinski definition) is 3. The zero-order chi connectivity index (χ0) is 18.1. The number of carbonyl (C=O) groups is 1. The molecule has 1 aromatic carbocycles. The SMILES string of the molecule is CCN(CC)c1ccc(C(=O)NN=C(CC(C)C)CC(C)C)cc1. The molecule has 4 heteroatoms. The Morgan fingerprint density at radius 1 is 1.00 bits per heavy atom. The topological polar surface area (TPSA) is 44.7 Å². The third-order valence-electron chi connectivity index (χ3n) is 3.86. The molecule has 0 heterocycles. The van der Waals surface area contributed by atoms with Gasteiger partial charge in [0.15, 0.2) is 0 Å². The molecule has 0 atom stereocenters. The summed E-state index contributed by atoms with van der Waals surface area (Å²) in [4.78, 5) is 14.6. The summed E-state index contributed by atoms with van der Waals surface area (Å²) in [6.45, 7) is 14.9. The van der Waals surface area contributed by atoms with Crippen molar-refractivity contribution in [2.24, 2.45) is 16.9 Å². The van der Waals surface area contributed by atoms with Crippen molar-refractivity contribution in [2.75, 3.05) is 18.0 Å². The van der Waals surface area contributed by atoms with Gasteiger partial charge in [-0.15, -0.1) is 0 Å². The lowest BCUT2D eigenvalue weighted by Gasteiger charge is -2.20. The summed E-state index contributed by atoms with van der Waals surface area (Å²) in [7, 11) is 0. The summed E-state index contributed by atoms with van der Waals surface area (Å²) >= 11 is 0. The Labute approximate surface area is 147 Å². The molecule has 0 aliphatic heterocycles. The van der Waals surface area contributed by atoms with Crippen molar-refractivity contribution < 1.29 is 4.79 Å². The number of benzene rings is 1. The van der Waals surface area contributed by atoms with Gasteiger partial charge in [0.2, 0.25) is 0 Å². The van der Waals surface area contributed by atoms with Crippen LogP contribution in [0.2, 0.25) is 0 Å². The van der Waals surface area contributed by atoms with E-state index in [4.69, 9.17) is 0 Å². The maximum atomic E-state index is 12.3. The van der Waals surface area contributed by atoms with E-state index < -0.39 is 0 Å². The Balaban J connectivity index is 2.76. The molecule has 24 heavy (non-hydrogen) atoms. The molecule has 0 saturated carbocycles. The van der Waals surface area contributed by atoms with Crippen LogP contribution in [0.1, 0.15) is 64.7 Å². The summed E-state index contributed by atoms with van der Waals surface area (Å²) < 4.78 is 0. The Morgan fingerprint density at radius 2 is 1.50 bits per heavy atom. The van der Waals surface area contributed by atoms with Gasteiger partial charge in [-0.05, 0) is 62.8 Å². The van der Waals surface area contributed by atoms with Crippen molar-refractivity contribution in [2.45, 2.75) is 54.4 Å². The molecular weight excluding hydrogens is 298 g/mol. The molecule has 0 radical (unpaired) electrons. The van der Waals surface area contributed by atoms with E-state index in [1.807, 2.05) is 24.3 Å². The van der Waals surface area contributed by atoms with Crippen molar-refractivity contribution in [3.63, 3.8) is 0 Å². The van der Waals surface area contributed by atoms with E-state index in [1.54, 1.807) is 0 Å². The maximum absolute atomic E-state index is 12.3. The fourth-order valence-corrected chi connectivity index (χ4v) is 2.72. The molecule has 1 N–H and O–H groups in total. The second-order valence-corrected chi connectivity index (χ2v) is 7.03. The van der Waals surface area contributed by atoms with E-state index in [0.717, 1.165) is 37.3 Å². The first kappa shape index (κ1) is 20.2. The number of nitrogens with zero attached hydrogens (tertiary/aromatic N) is 2. The van der Waals surface area contributed by atoms with Crippen LogP contribution in [0.25, 0.3) is 0 Å². The number of nitrogens with one attached hydrogen (secondary N) is 1. The summed E-state index contributed by atoms with van der Waals surface area (Å²) in [6.07, 6.45) is 1.83. The highest BCUT2D eigenvalue weighted by atomic mass is 16.2. The van der Waals surface area contributed by atoms with Crippen molar-refractivity contribution >= 4 is 17.3 Å². The van der Waals surface area contributed by atoms with Gasteiger partial charge in [0.05, 0.1) is 0 Å². The third kappa shape index (κ3) is 6.73. The highest BCUT2D eigenvalue weighted by molar-refractivity contribution is 5.95. The molecule has 0 aliphatic carbocycles. The van der Waals surface area contributed by atoms with E-state index >= 15 is 0 Å². The average molecular weight is 332 g/mol. The summed E-state index contributed by atoms with van der Waals surface area (Å²) in [6, 6.07) is 7.72. The first-order valence-electron chi connectivity index (χ1n) is 9.08. The summed E-state index contributed by atoms with van der Waals surface area (Å²) in [5, 5.41) is 4.38. The quantitative estimate of drug-likeness (QED) is 0.526. The van der Waals surface area contributed by atoms with Crippen LogP contribution in [-0.2, 0) is 0 Å². The number of hydrogen-bond donors (Lipinski definition) is 1. The van der Waals surface area contributed by atoms with Gasteiger partial charge in [0, 0.05) is 30.1 Å². The van der Waals surface area contributed by atoms with Crippen LogP contribution >= 0.6 is 0 Å². The second-order valence-electron chi connectivity index (χ2n) is 7.03. The van der Waals surface area contributed by atoms with Crippen LogP contribution in [0.4, 0.5) is 5.69 Å². The molecule has 134 valence electrons. The molecular formula is C20H33N3O. The zero-order valence-electron chi connectivity index (χ0n) is 16.1. The monoisotopic (exact) mass is 331 g/mol. The lowest BCUT2D eigenvalue weighted by Crippen LogP contribution is -2.23. The molecule has 0 bridgehead atoms. The fraction of sp³-hybridized carbons (Fsp3) is 0.600. The molecule has 1 aromatic rings. The van der Waals surface area contributed by atoms with E-state index in [9.17, 15) is 4.79 Å². The largest absolute Gasteiger partial charge is 0.372 e. The van der Waals surface area contributed by atoms with Crippen molar-refractivity contribution in [1.82, 2.24) is 5.43 Å². The first-order chi connectivity index (χ1) is 11.4. The van der Waals surface area contributed by atoms with Crippen LogP contribution in [0.15, 0.2) is 29.4 Å². The Kier molecular flexibility index (Phi) is 8.51. The smallest absolute Gasteiger partial charge is 0.271 e. The highest BCUT2D eigenvalue weighted by Gasteiger charge is 2.09. The van der Waals surface area contributed by atoms with Crippen molar-refractivity contribution in [1.29, 1.82) is 0 Å². The van der Waals surface area contributed by atoms with Crippen molar-refractivity contribution in [3.8, 4) is 0 Å². The first-order valence-corrected chi connectivity index (χ1v) is 9.08. The third-order valence-corrected chi connectivity index (χ3v) is 3.86. The summed E-state index contributed by atoms with van der Waals surface area (Å²) in [5.41, 5.74) is 5.57. The molecule has 0 aromatic heterocycles. The van der Waals surface area contributed by atoms with E-state index in [2.05, 4.69) is 57.0 Å². The maximum Gasteiger partial charge on any atom is 0.271 e. The normalized spacial score (nSPS) is 10.8. The summed E-state index contributed by atoms with van der Waals surface area (Å²) in [5.74, 6) is 0.923. The van der Waals surface area contributed by atoms with Crippen LogP contribution in [0, 0.1) is 11.8 Å². The molecule has 0 spiro atoms. The van der Waals surface area contributed by atoms with Gasteiger partial charge in [-0.1, -0.05) is 27.7 Å². The van der Waals surface area contributed by atoms with E-state index in [0.29, 0.717) is 17.4 Å². The minimum atomic E-state index is -0.147. The fourth-order valence-electron chi connectivity index (χ4n) is 2.72. The molecule has 0 unspecified atom stereocenters. The van der Waals surface area contributed by atoms with Gasteiger partial charge in [-0.2, -0.15) is 5.10 Å². The number of hydrazone groups is 1. The van der Waals surface area contributed by atoms with Gasteiger partial charge in [0.1, 0.15) is 0 Å². The van der Waals surface area contributed by atoms with Crippen LogP contribution in [0.3, 0.4) is 0 Å². The number of anilines is 1. The van der Waals surface area contributed by atoms with E-state index in [-0.39, 0.29) is 5.91 Å². The van der Waals surface area contributed by atoms with Gasteiger partial charge in [-0.25, -0.2) is 5.43 Å². The standard InChI is InChI=1S/C20H33N3O/c1-7-23(8-2)19-11-9-17(10-12-19)20(24)22-21-18(13-15(3)4)14-16(5)6/h9-12,15-16H,7-8,13-14H2,1-6H3,(H,22,24). The lowest BCUT2D eigenvalue weighted by atomic mass is 9.99. The minimum Gasteiger partial charge on any atom is -0.372 e. The highest BCUT2D eigenvalue weighted by Crippen LogP contribution is 2.15. The number of rotatable bonds is 9.